The number of imide groups is 2. The minimum Gasteiger partial charge on any atom is -0.330 e. The summed E-state index contributed by atoms with van der Waals surface area (Å²) < 4.78 is 0. The largest absolute Gasteiger partial charge is 0.338 e. The molecule has 1 unspecified atom stereocenters. The zero-order valence-corrected chi connectivity index (χ0v) is 16.0. The number of nitrogens with zero attached hydrogens (tertiary/aromatic N) is 2. The first-order chi connectivity index (χ1) is 13.5. The molecule has 0 spiro atoms. The smallest absolute Gasteiger partial charge is 0.330 e. The number of hydrogen-bond donors (Lipinski definition) is 0. The summed E-state index contributed by atoms with van der Waals surface area (Å²) in [6.45, 7) is 4.66. The van der Waals surface area contributed by atoms with Gasteiger partial charge >= 0.3 is 11.9 Å². The molecular formula is C19H18N2O8. The van der Waals surface area contributed by atoms with Gasteiger partial charge < -0.3 is 9.68 Å². The molecule has 0 saturated carbocycles. The maximum absolute atomic E-state index is 12.3. The standard InChI is InChI=1S/C19H18N2O8/c1-19(2,3)18(27)29-20-13(22)8-10(15(20)24)9-14(23)28-21-16(25)11-6-4-5-7-12(11)17(21)26/h4-7,10H,8-9H2,1-3H3. The van der Waals surface area contributed by atoms with Crippen molar-refractivity contribution >= 4 is 35.6 Å². The van der Waals surface area contributed by atoms with Gasteiger partial charge in [0.1, 0.15) is 0 Å². The van der Waals surface area contributed by atoms with Gasteiger partial charge in [0.25, 0.3) is 23.6 Å². The van der Waals surface area contributed by atoms with Crippen molar-refractivity contribution < 1.29 is 38.4 Å². The minimum atomic E-state index is -1.13. The summed E-state index contributed by atoms with van der Waals surface area (Å²) >= 11 is 0. The van der Waals surface area contributed by atoms with Crippen LogP contribution in [0.1, 0.15) is 54.3 Å². The van der Waals surface area contributed by atoms with Gasteiger partial charge in [0.15, 0.2) is 0 Å². The van der Waals surface area contributed by atoms with Crippen molar-refractivity contribution in [2.75, 3.05) is 0 Å². The molecule has 1 atom stereocenters. The third kappa shape index (κ3) is 3.73. The fourth-order valence-electron chi connectivity index (χ4n) is 2.74. The van der Waals surface area contributed by atoms with Crippen LogP contribution in [0.15, 0.2) is 24.3 Å². The molecular weight excluding hydrogens is 384 g/mol. The number of carbonyl (C=O) groups excluding carboxylic acids is 6. The van der Waals surface area contributed by atoms with Crippen molar-refractivity contribution in [3.05, 3.63) is 35.4 Å². The van der Waals surface area contributed by atoms with E-state index in [0.29, 0.717) is 10.1 Å². The lowest BCUT2D eigenvalue weighted by molar-refractivity contribution is -0.204. The van der Waals surface area contributed by atoms with Crippen LogP contribution in [0.5, 0.6) is 0 Å². The van der Waals surface area contributed by atoms with Crippen LogP contribution >= 0.6 is 0 Å². The molecule has 10 heteroatoms. The van der Waals surface area contributed by atoms with E-state index >= 15 is 0 Å². The Morgan fingerprint density at radius 3 is 2.03 bits per heavy atom. The van der Waals surface area contributed by atoms with Crippen molar-refractivity contribution in [3.63, 3.8) is 0 Å². The van der Waals surface area contributed by atoms with Gasteiger partial charge in [-0.2, -0.15) is 0 Å². The quantitative estimate of drug-likeness (QED) is 0.683. The molecule has 0 aliphatic carbocycles. The van der Waals surface area contributed by atoms with Gasteiger partial charge in [0.05, 0.1) is 28.9 Å². The van der Waals surface area contributed by atoms with Crippen LogP contribution in [-0.2, 0) is 28.9 Å². The number of hydroxylamine groups is 4. The number of amides is 4. The molecule has 0 N–H and O–H groups in total. The highest BCUT2D eigenvalue weighted by Gasteiger charge is 2.45. The molecule has 1 fully saturated rings. The Bertz CT molecular complexity index is 911. The Balaban J connectivity index is 1.63. The van der Waals surface area contributed by atoms with Gasteiger partial charge in [-0.3, -0.25) is 19.2 Å². The second-order valence-electron chi connectivity index (χ2n) is 7.67. The van der Waals surface area contributed by atoms with Crippen molar-refractivity contribution in [1.82, 2.24) is 10.1 Å². The summed E-state index contributed by atoms with van der Waals surface area (Å²) in [5.41, 5.74) is -0.751. The Kier molecular flexibility index (Phi) is 4.95. The van der Waals surface area contributed by atoms with Gasteiger partial charge in [-0.1, -0.05) is 17.2 Å². The van der Waals surface area contributed by atoms with E-state index in [-0.39, 0.29) is 17.5 Å². The Hall–Kier alpha value is -3.56. The van der Waals surface area contributed by atoms with Crippen LogP contribution in [0.3, 0.4) is 0 Å². The Morgan fingerprint density at radius 1 is 0.966 bits per heavy atom. The Morgan fingerprint density at radius 2 is 1.52 bits per heavy atom. The van der Waals surface area contributed by atoms with Crippen molar-refractivity contribution in [1.29, 1.82) is 0 Å². The summed E-state index contributed by atoms with van der Waals surface area (Å²) in [7, 11) is 0. The number of carbonyl (C=O) groups is 6. The van der Waals surface area contributed by atoms with Crippen LogP contribution in [0, 0.1) is 11.3 Å². The normalized spacial score (nSPS) is 18.9. The summed E-state index contributed by atoms with van der Waals surface area (Å²) in [5.74, 6) is -6.19. The molecule has 1 saturated heterocycles. The van der Waals surface area contributed by atoms with Crippen molar-refractivity contribution in [2.45, 2.75) is 33.6 Å². The lowest BCUT2D eigenvalue weighted by Gasteiger charge is -2.20. The highest BCUT2D eigenvalue weighted by Crippen LogP contribution is 2.27. The first-order valence-electron chi connectivity index (χ1n) is 8.78. The van der Waals surface area contributed by atoms with Crippen LogP contribution in [0.25, 0.3) is 0 Å². The predicted molar refractivity (Wildman–Crippen MR) is 93.2 cm³/mol. The zero-order chi connectivity index (χ0) is 21.5. The second kappa shape index (κ2) is 7.12. The van der Waals surface area contributed by atoms with Crippen molar-refractivity contribution in [3.8, 4) is 0 Å². The van der Waals surface area contributed by atoms with Crippen molar-refractivity contribution in [2.24, 2.45) is 11.3 Å². The number of fused-ring (bicyclic) bond motifs is 1. The first-order valence-corrected chi connectivity index (χ1v) is 8.78. The van der Waals surface area contributed by atoms with Gasteiger partial charge in [-0.05, 0) is 32.9 Å². The number of hydrogen-bond acceptors (Lipinski definition) is 8. The highest BCUT2D eigenvalue weighted by molar-refractivity contribution is 6.20. The topological polar surface area (TPSA) is 127 Å². The van der Waals surface area contributed by atoms with E-state index in [1.54, 1.807) is 32.9 Å². The summed E-state index contributed by atoms with van der Waals surface area (Å²) in [6, 6.07) is 5.96. The van der Waals surface area contributed by atoms with Gasteiger partial charge in [-0.15, -0.1) is 5.06 Å². The van der Waals surface area contributed by atoms with Crippen LogP contribution in [-0.4, -0.2) is 45.7 Å². The summed E-state index contributed by atoms with van der Waals surface area (Å²) in [4.78, 5) is 82.5. The Labute approximate surface area is 165 Å². The van der Waals surface area contributed by atoms with E-state index < -0.39 is 53.3 Å². The average molecular weight is 402 g/mol. The number of rotatable bonds is 4. The molecule has 0 aromatic heterocycles. The summed E-state index contributed by atoms with van der Waals surface area (Å²) in [5, 5.41) is 0.666. The number of benzene rings is 1. The monoisotopic (exact) mass is 402 g/mol. The lowest BCUT2D eigenvalue weighted by Crippen LogP contribution is -2.38. The molecule has 3 rings (SSSR count). The van der Waals surface area contributed by atoms with Crippen LogP contribution in [0.4, 0.5) is 0 Å². The molecule has 0 bridgehead atoms. The molecule has 29 heavy (non-hydrogen) atoms. The van der Waals surface area contributed by atoms with E-state index in [4.69, 9.17) is 9.68 Å². The maximum Gasteiger partial charge on any atom is 0.338 e. The highest BCUT2D eigenvalue weighted by atomic mass is 16.7. The summed E-state index contributed by atoms with van der Waals surface area (Å²) in [6.07, 6.45) is -0.935. The van der Waals surface area contributed by atoms with Crippen LogP contribution in [0.2, 0.25) is 0 Å². The van der Waals surface area contributed by atoms with E-state index in [0.717, 1.165) is 0 Å². The third-order valence-corrected chi connectivity index (χ3v) is 4.35. The zero-order valence-electron chi connectivity index (χ0n) is 16.0. The van der Waals surface area contributed by atoms with Crippen LogP contribution < -0.4 is 0 Å². The van der Waals surface area contributed by atoms with Gasteiger partial charge in [0.2, 0.25) is 0 Å². The molecule has 10 nitrogen and oxygen atoms in total. The van der Waals surface area contributed by atoms with E-state index in [1.807, 2.05) is 0 Å². The molecule has 152 valence electrons. The average Bonchev–Trinajstić information content (AvgIpc) is 3.04. The minimum absolute atomic E-state index is 0.0951. The molecule has 2 aliphatic rings. The van der Waals surface area contributed by atoms with Gasteiger partial charge in [0, 0.05) is 6.42 Å². The molecule has 4 amide bonds. The third-order valence-electron chi connectivity index (χ3n) is 4.35. The molecule has 2 aliphatic heterocycles. The second-order valence-corrected chi connectivity index (χ2v) is 7.67. The maximum atomic E-state index is 12.3. The lowest BCUT2D eigenvalue weighted by atomic mass is 9.98. The van der Waals surface area contributed by atoms with Gasteiger partial charge in [-0.25, -0.2) is 9.59 Å². The molecule has 1 aromatic carbocycles. The first kappa shape index (κ1) is 20.2. The van der Waals surface area contributed by atoms with E-state index in [1.165, 1.54) is 12.1 Å². The fourth-order valence-corrected chi connectivity index (χ4v) is 2.74. The fraction of sp³-hybridized carbons (Fsp3) is 0.368. The predicted octanol–water partition coefficient (Wildman–Crippen LogP) is 1.01. The molecule has 2 heterocycles. The van der Waals surface area contributed by atoms with E-state index in [9.17, 15) is 28.8 Å². The molecule has 1 aromatic rings. The van der Waals surface area contributed by atoms with E-state index in [2.05, 4.69) is 0 Å². The SMILES string of the molecule is CC(C)(C)C(=O)ON1C(=O)CC(CC(=O)ON2C(=O)c3ccccc3C2=O)C1=O. The molecule has 0 radical (unpaired) electrons.